The molecule has 1 heteroatoms. The number of hydrogen-bond donors (Lipinski definition) is 0. The molecule has 0 N–H and O–H groups in total. The van der Waals surface area contributed by atoms with Gasteiger partial charge in [0.25, 0.3) is 0 Å². The fraction of sp³-hybridized carbons (Fsp3) is 0.667. The minimum absolute atomic E-state index is 1.17. The van der Waals surface area contributed by atoms with E-state index in [1.165, 1.54) is 38.5 Å². The molecule has 0 aromatic heterocycles. The molecule has 13 heavy (non-hydrogen) atoms. The normalized spacial score (nSPS) is 11.5. The molecule has 0 aliphatic rings. The van der Waals surface area contributed by atoms with Crippen LogP contribution in [0.1, 0.15) is 45.4 Å². The van der Waals surface area contributed by atoms with E-state index in [0.29, 0.717) is 0 Å². The summed E-state index contributed by atoms with van der Waals surface area (Å²) in [6.07, 6.45) is 16.5. The summed E-state index contributed by atoms with van der Waals surface area (Å²) >= 11 is 0. The lowest BCUT2D eigenvalue weighted by Gasteiger charge is -1.95. The van der Waals surface area contributed by atoms with Crippen molar-refractivity contribution in [1.29, 1.82) is 0 Å². The molecule has 75 valence electrons. The maximum atomic E-state index is 4.64. The van der Waals surface area contributed by atoms with Gasteiger partial charge in [-0.25, -0.2) is 0 Å². The first-order valence-corrected chi connectivity index (χ1v) is 5.18. The van der Waals surface area contributed by atoms with Crippen LogP contribution in [0.15, 0.2) is 18.2 Å². The van der Waals surface area contributed by atoms with E-state index in [1.54, 1.807) is 13.2 Å². The van der Waals surface area contributed by atoms with Crippen LogP contribution in [-0.4, -0.2) is 7.11 Å². The molecule has 1 radical (unpaired) electrons. The molecular weight excluding hydrogens is 160 g/mol. The Morgan fingerprint density at radius 3 is 2.62 bits per heavy atom. The molecule has 0 atom stereocenters. The van der Waals surface area contributed by atoms with E-state index < -0.39 is 0 Å². The van der Waals surface area contributed by atoms with E-state index in [1.807, 2.05) is 6.08 Å². The van der Waals surface area contributed by atoms with Gasteiger partial charge in [-0.3, -0.25) is 0 Å². The molecule has 1 nitrogen and oxygen atoms in total. The van der Waals surface area contributed by atoms with Crippen molar-refractivity contribution in [2.75, 3.05) is 7.11 Å². The van der Waals surface area contributed by atoms with Gasteiger partial charge in [0.1, 0.15) is 0 Å². The number of allylic oxidation sites excluding steroid dienone is 3. The minimum Gasteiger partial charge on any atom is -0.493 e. The quantitative estimate of drug-likeness (QED) is 0.314. The zero-order chi connectivity index (χ0) is 9.78. The maximum absolute atomic E-state index is 4.64. The molecule has 0 heterocycles. The van der Waals surface area contributed by atoms with Gasteiger partial charge in [-0.15, -0.1) is 0 Å². The van der Waals surface area contributed by atoms with Crippen LogP contribution in [0.3, 0.4) is 0 Å². The Balaban J connectivity index is 3.06. The largest absolute Gasteiger partial charge is 0.493 e. The average molecular weight is 181 g/mol. The van der Waals surface area contributed by atoms with Crippen molar-refractivity contribution in [3.8, 4) is 0 Å². The monoisotopic (exact) mass is 181 g/mol. The molecule has 0 aromatic rings. The Bertz CT molecular complexity index is 136. The third kappa shape index (κ3) is 11.3. The van der Waals surface area contributed by atoms with Crippen molar-refractivity contribution in [2.24, 2.45) is 0 Å². The first-order valence-electron chi connectivity index (χ1n) is 5.18. The van der Waals surface area contributed by atoms with E-state index in [2.05, 4.69) is 24.0 Å². The molecule has 0 saturated carbocycles. The van der Waals surface area contributed by atoms with Crippen LogP contribution in [0.2, 0.25) is 0 Å². The summed E-state index contributed by atoms with van der Waals surface area (Å²) in [5, 5.41) is 0. The molecular formula is C12H21O. The number of methoxy groups -OCH3 is 1. The third-order valence-corrected chi connectivity index (χ3v) is 1.89. The molecule has 0 amide bonds. The molecule has 0 rings (SSSR count). The molecule has 0 bridgehead atoms. The highest BCUT2D eigenvalue weighted by Gasteiger charge is 1.85. The maximum Gasteiger partial charge on any atom is 0.160 e. The number of unbranched alkanes of at least 4 members (excludes halogenated alkanes) is 5. The van der Waals surface area contributed by atoms with Crippen LogP contribution in [0.4, 0.5) is 0 Å². The summed E-state index contributed by atoms with van der Waals surface area (Å²) in [4.78, 5) is 0. The topological polar surface area (TPSA) is 9.23 Å². The van der Waals surface area contributed by atoms with E-state index in [9.17, 15) is 0 Å². The van der Waals surface area contributed by atoms with Crippen molar-refractivity contribution in [3.05, 3.63) is 24.5 Å². The van der Waals surface area contributed by atoms with E-state index in [-0.39, 0.29) is 0 Å². The highest BCUT2D eigenvalue weighted by molar-refractivity contribution is 4.96. The second kappa shape index (κ2) is 11.3. The molecule has 0 spiro atoms. The van der Waals surface area contributed by atoms with Gasteiger partial charge in [-0.1, -0.05) is 44.8 Å². The fourth-order valence-electron chi connectivity index (χ4n) is 1.14. The lowest BCUT2D eigenvalue weighted by atomic mass is 10.1. The van der Waals surface area contributed by atoms with E-state index >= 15 is 0 Å². The number of hydrogen-bond acceptors (Lipinski definition) is 1. The van der Waals surface area contributed by atoms with Crippen LogP contribution in [0.5, 0.6) is 0 Å². The first-order chi connectivity index (χ1) is 6.41. The molecule has 0 aliphatic heterocycles. The van der Waals surface area contributed by atoms with Gasteiger partial charge >= 0.3 is 0 Å². The molecule has 0 fully saturated rings. The fourth-order valence-corrected chi connectivity index (χ4v) is 1.14. The second-order valence-electron chi connectivity index (χ2n) is 3.12. The van der Waals surface area contributed by atoms with Crippen molar-refractivity contribution < 1.29 is 4.74 Å². The number of rotatable bonds is 8. The van der Waals surface area contributed by atoms with Gasteiger partial charge < -0.3 is 4.74 Å². The first kappa shape index (κ1) is 12.3. The zero-order valence-electron chi connectivity index (χ0n) is 8.88. The molecule has 0 unspecified atom stereocenters. The van der Waals surface area contributed by atoms with Crippen molar-refractivity contribution in [1.82, 2.24) is 0 Å². The molecule has 0 aromatic carbocycles. The summed E-state index contributed by atoms with van der Waals surface area (Å²) in [5.74, 6) is 0. The predicted molar refractivity (Wildman–Crippen MR) is 57.3 cm³/mol. The van der Waals surface area contributed by atoms with Crippen molar-refractivity contribution in [3.63, 3.8) is 0 Å². The SMILES string of the molecule is CCCCCCCC=CC=[C]OC. The standard InChI is InChI=1S/C12H21O/c1-3-4-5-6-7-8-9-10-11-12-13-2/h9-11H,3-8H2,1-2H3. The van der Waals surface area contributed by atoms with Gasteiger partial charge in [0, 0.05) is 0 Å². The molecule has 0 aliphatic carbocycles. The Kier molecular flexibility index (Phi) is 10.7. The predicted octanol–water partition coefficient (Wildman–Crippen LogP) is 3.87. The lowest BCUT2D eigenvalue weighted by molar-refractivity contribution is 0.313. The van der Waals surface area contributed by atoms with Crippen LogP contribution in [0, 0.1) is 6.26 Å². The lowest BCUT2D eigenvalue weighted by Crippen LogP contribution is -1.75. The van der Waals surface area contributed by atoms with Crippen LogP contribution >= 0.6 is 0 Å². The van der Waals surface area contributed by atoms with Gasteiger partial charge in [0.2, 0.25) is 0 Å². The Hall–Kier alpha value is -0.720. The van der Waals surface area contributed by atoms with Crippen LogP contribution < -0.4 is 0 Å². The minimum atomic E-state index is 1.17. The zero-order valence-corrected chi connectivity index (χ0v) is 8.88. The molecule has 0 saturated heterocycles. The summed E-state index contributed by atoms with van der Waals surface area (Å²) in [6.45, 7) is 2.24. The van der Waals surface area contributed by atoms with Crippen LogP contribution in [-0.2, 0) is 4.74 Å². The van der Waals surface area contributed by atoms with Gasteiger partial charge in [-0.2, -0.15) is 0 Å². The van der Waals surface area contributed by atoms with Gasteiger partial charge in [0.05, 0.1) is 7.11 Å². The summed E-state index contributed by atoms with van der Waals surface area (Å²) in [6, 6.07) is 0. The second-order valence-corrected chi connectivity index (χ2v) is 3.12. The highest BCUT2D eigenvalue weighted by Crippen LogP contribution is 2.05. The summed E-state index contributed by atoms with van der Waals surface area (Å²) < 4.78 is 4.64. The van der Waals surface area contributed by atoms with Gasteiger partial charge in [0.15, 0.2) is 6.26 Å². The third-order valence-electron chi connectivity index (χ3n) is 1.89. The van der Waals surface area contributed by atoms with E-state index in [0.717, 1.165) is 0 Å². The average Bonchev–Trinajstić information content (AvgIpc) is 2.16. The van der Waals surface area contributed by atoms with Gasteiger partial charge in [-0.05, 0) is 18.9 Å². The summed E-state index contributed by atoms with van der Waals surface area (Å²) in [7, 11) is 1.61. The van der Waals surface area contributed by atoms with E-state index in [4.69, 9.17) is 0 Å². The highest BCUT2D eigenvalue weighted by atomic mass is 16.5. The van der Waals surface area contributed by atoms with Crippen molar-refractivity contribution in [2.45, 2.75) is 45.4 Å². The number of ether oxygens (including phenoxy) is 1. The smallest absolute Gasteiger partial charge is 0.160 e. The summed E-state index contributed by atoms with van der Waals surface area (Å²) in [5.41, 5.74) is 0. The van der Waals surface area contributed by atoms with Crippen molar-refractivity contribution >= 4 is 0 Å². The Labute approximate surface area is 82.5 Å². The Morgan fingerprint density at radius 1 is 1.15 bits per heavy atom. The van der Waals surface area contributed by atoms with Crippen LogP contribution in [0.25, 0.3) is 0 Å². The Morgan fingerprint density at radius 2 is 1.92 bits per heavy atom.